The normalized spacial score (nSPS) is 17.6. The van der Waals surface area contributed by atoms with Crippen LogP contribution in [0.25, 0.3) is 6.08 Å². The van der Waals surface area contributed by atoms with Crippen molar-refractivity contribution in [3.8, 4) is 6.07 Å². The molecule has 0 fully saturated rings. The quantitative estimate of drug-likeness (QED) is 0.466. The van der Waals surface area contributed by atoms with Crippen LogP contribution < -0.4 is 10.2 Å². The van der Waals surface area contributed by atoms with Gasteiger partial charge in [-0.3, -0.25) is 4.79 Å². The summed E-state index contributed by atoms with van der Waals surface area (Å²) in [5, 5.41) is 12.5. The molecule has 4 nitrogen and oxygen atoms in total. The van der Waals surface area contributed by atoms with Crippen LogP contribution in [0.5, 0.6) is 0 Å². The first-order valence-electron chi connectivity index (χ1n) is 11.1. The Kier molecular flexibility index (Phi) is 6.55. The van der Waals surface area contributed by atoms with Crippen molar-refractivity contribution in [2.45, 2.75) is 65.8 Å². The van der Waals surface area contributed by atoms with Gasteiger partial charge in [-0.25, -0.2) is 0 Å². The lowest BCUT2D eigenvalue weighted by molar-refractivity contribution is -0.112. The fraction of sp³-hybridized carbons (Fsp3) is 0.407. The minimum atomic E-state index is -0.381. The second-order valence-corrected chi connectivity index (χ2v) is 9.10. The molecular weight excluding hydrogens is 382 g/mol. The average Bonchev–Trinajstić information content (AvgIpc) is 2.72. The summed E-state index contributed by atoms with van der Waals surface area (Å²) in [6.45, 7) is 14.1. The molecule has 0 radical (unpaired) electrons. The van der Waals surface area contributed by atoms with E-state index in [0.717, 1.165) is 30.5 Å². The number of fused-ring (bicyclic) bond motifs is 1. The van der Waals surface area contributed by atoms with Crippen LogP contribution in [-0.2, 0) is 11.2 Å². The van der Waals surface area contributed by atoms with Gasteiger partial charge in [0.25, 0.3) is 5.91 Å². The number of hydrogen-bond acceptors (Lipinski definition) is 3. The van der Waals surface area contributed by atoms with Crippen LogP contribution in [-0.4, -0.2) is 18.0 Å². The van der Waals surface area contributed by atoms with Crippen molar-refractivity contribution in [1.82, 2.24) is 0 Å². The van der Waals surface area contributed by atoms with Crippen molar-refractivity contribution in [2.24, 2.45) is 0 Å². The molecular formula is C27H33N3O. The first kappa shape index (κ1) is 22.6. The van der Waals surface area contributed by atoms with E-state index >= 15 is 0 Å². The first-order valence-corrected chi connectivity index (χ1v) is 11.1. The minimum absolute atomic E-state index is 0.107. The summed E-state index contributed by atoms with van der Waals surface area (Å²) in [6.07, 6.45) is 3.73. The van der Waals surface area contributed by atoms with Crippen molar-refractivity contribution in [3.05, 3.63) is 64.2 Å². The number of rotatable bonds is 5. The predicted octanol–water partition coefficient (Wildman–Crippen LogP) is 6.22. The summed E-state index contributed by atoms with van der Waals surface area (Å²) < 4.78 is 0. The van der Waals surface area contributed by atoms with E-state index in [1.807, 2.05) is 31.2 Å². The van der Waals surface area contributed by atoms with Crippen LogP contribution in [0.1, 0.15) is 69.2 Å². The maximum Gasteiger partial charge on any atom is 0.266 e. The lowest BCUT2D eigenvalue weighted by Gasteiger charge is -2.47. The highest BCUT2D eigenvalue weighted by molar-refractivity contribution is 6.09. The molecule has 1 amide bonds. The second kappa shape index (κ2) is 8.98. The largest absolute Gasteiger partial charge is 0.366 e. The molecule has 0 unspecified atom stereocenters. The number of nitrogens with one attached hydrogen (secondary N) is 1. The summed E-state index contributed by atoms with van der Waals surface area (Å²) in [5.41, 5.74) is 6.65. The Balaban J connectivity index is 1.93. The molecule has 1 aliphatic rings. The monoisotopic (exact) mass is 415 g/mol. The van der Waals surface area contributed by atoms with Crippen molar-refractivity contribution < 1.29 is 4.79 Å². The third-order valence-corrected chi connectivity index (χ3v) is 6.37. The van der Waals surface area contributed by atoms with E-state index in [4.69, 9.17) is 0 Å². The van der Waals surface area contributed by atoms with E-state index in [1.165, 1.54) is 16.8 Å². The van der Waals surface area contributed by atoms with Crippen molar-refractivity contribution in [2.75, 3.05) is 16.8 Å². The summed E-state index contributed by atoms with van der Waals surface area (Å²) in [7, 11) is 0. The van der Waals surface area contributed by atoms with Gasteiger partial charge in [0.15, 0.2) is 0 Å². The van der Waals surface area contributed by atoms with Crippen LogP contribution in [0.2, 0.25) is 0 Å². The fourth-order valence-corrected chi connectivity index (χ4v) is 4.73. The predicted molar refractivity (Wildman–Crippen MR) is 129 cm³/mol. The number of hydrogen-bond donors (Lipinski definition) is 1. The van der Waals surface area contributed by atoms with Crippen LogP contribution in [0, 0.1) is 18.3 Å². The molecule has 2 aromatic carbocycles. The standard InChI is InChI=1S/C27H33N3O/c1-7-20-9-11-23(12-10-20)29-26(31)22(17-28)14-21-15-24-19(4)16-27(5,6)30(8-2)25(24)13-18(21)3/h9-15,19H,7-8,16H2,1-6H3,(H,29,31)/b22-14-/t19-/m1/s1. The first-order chi connectivity index (χ1) is 14.7. The number of nitriles is 1. The summed E-state index contributed by atoms with van der Waals surface area (Å²) >= 11 is 0. The zero-order chi connectivity index (χ0) is 22.8. The Bertz CT molecular complexity index is 1040. The molecule has 0 spiro atoms. The zero-order valence-corrected chi connectivity index (χ0v) is 19.5. The van der Waals surface area contributed by atoms with E-state index in [1.54, 1.807) is 6.08 Å². The van der Waals surface area contributed by atoms with Gasteiger partial charge in [0.1, 0.15) is 11.6 Å². The van der Waals surface area contributed by atoms with Crippen molar-refractivity contribution in [3.63, 3.8) is 0 Å². The van der Waals surface area contributed by atoms with Gasteiger partial charge in [-0.1, -0.05) is 26.0 Å². The van der Waals surface area contributed by atoms with Gasteiger partial charge in [-0.2, -0.15) is 5.26 Å². The fourth-order valence-electron chi connectivity index (χ4n) is 4.73. The summed E-state index contributed by atoms with van der Waals surface area (Å²) in [4.78, 5) is 15.2. The number of benzene rings is 2. The number of carbonyl (C=O) groups is 1. The number of aryl methyl sites for hydroxylation is 2. The number of amides is 1. The van der Waals surface area contributed by atoms with E-state index in [2.05, 4.69) is 63.0 Å². The maximum atomic E-state index is 12.7. The molecule has 1 heterocycles. The smallest absolute Gasteiger partial charge is 0.266 e. The van der Waals surface area contributed by atoms with Crippen molar-refractivity contribution >= 4 is 23.4 Å². The summed E-state index contributed by atoms with van der Waals surface area (Å²) in [6, 6.07) is 14.2. The van der Waals surface area contributed by atoms with E-state index in [0.29, 0.717) is 11.6 Å². The van der Waals surface area contributed by atoms with Gasteiger partial charge < -0.3 is 10.2 Å². The SMILES string of the molecule is CCc1ccc(NC(=O)/C(C#N)=C\c2cc3c(cc2C)N(CC)C(C)(C)C[C@H]3C)cc1. The van der Waals surface area contributed by atoms with Gasteiger partial charge >= 0.3 is 0 Å². The Hall–Kier alpha value is -3.06. The Morgan fingerprint density at radius 1 is 1.26 bits per heavy atom. The van der Waals surface area contributed by atoms with Crippen LogP contribution in [0.4, 0.5) is 11.4 Å². The lowest BCUT2D eigenvalue weighted by atomic mass is 9.79. The molecule has 1 aliphatic heterocycles. The highest BCUT2D eigenvalue weighted by Crippen LogP contribution is 2.44. The molecule has 162 valence electrons. The number of anilines is 2. The van der Waals surface area contributed by atoms with Crippen LogP contribution in [0.3, 0.4) is 0 Å². The lowest BCUT2D eigenvalue weighted by Crippen LogP contribution is -2.48. The van der Waals surface area contributed by atoms with Crippen LogP contribution >= 0.6 is 0 Å². The molecule has 0 bridgehead atoms. The summed E-state index contributed by atoms with van der Waals surface area (Å²) in [5.74, 6) is 0.0326. The Morgan fingerprint density at radius 2 is 1.94 bits per heavy atom. The molecule has 0 aromatic heterocycles. The van der Waals surface area contributed by atoms with Gasteiger partial charge in [-0.05, 0) is 99.0 Å². The molecule has 1 atom stereocenters. The van der Waals surface area contributed by atoms with Gasteiger partial charge in [-0.15, -0.1) is 0 Å². The van der Waals surface area contributed by atoms with E-state index < -0.39 is 0 Å². The molecule has 2 aromatic rings. The zero-order valence-electron chi connectivity index (χ0n) is 19.5. The van der Waals surface area contributed by atoms with Gasteiger partial charge in [0, 0.05) is 23.5 Å². The molecule has 4 heteroatoms. The Labute approximate surface area is 186 Å². The van der Waals surface area contributed by atoms with Crippen molar-refractivity contribution in [1.29, 1.82) is 5.26 Å². The topological polar surface area (TPSA) is 56.1 Å². The van der Waals surface area contributed by atoms with Crippen LogP contribution in [0.15, 0.2) is 42.0 Å². The molecule has 0 aliphatic carbocycles. The minimum Gasteiger partial charge on any atom is -0.366 e. The number of carbonyl (C=O) groups excluding carboxylic acids is 1. The second-order valence-electron chi connectivity index (χ2n) is 9.10. The third kappa shape index (κ3) is 4.66. The Morgan fingerprint density at radius 3 is 2.52 bits per heavy atom. The molecule has 0 saturated heterocycles. The molecule has 31 heavy (non-hydrogen) atoms. The highest BCUT2D eigenvalue weighted by Gasteiger charge is 2.35. The molecule has 3 rings (SSSR count). The highest BCUT2D eigenvalue weighted by atomic mass is 16.1. The number of nitrogens with zero attached hydrogens (tertiary/aromatic N) is 2. The molecule has 0 saturated carbocycles. The van der Waals surface area contributed by atoms with Gasteiger partial charge in [0.2, 0.25) is 0 Å². The molecule has 1 N–H and O–H groups in total. The van der Waals surface area contributed by atoms with Gasteiger partial charge in [0.05, 0.1) is 0 Å². The maximum absolute atomic E-state index is 12.7. The van der Waals surface area contributed by atoms with E-state index in [9.17, 15) is 10.1 Å². The third-order valence-electron chi connectivity index (χ3n) is 6.37. The average molecular weight is 416 g/mol. The van der Waals surface area contributed by atoms with E-state index in [-0.39, 0.29) is 17.0 Å².